The second kappa shape index (κ2) is 10.6. The Morgan fingerprint density at radius 3 is 2.16 bits per heavy atom. The second-order valence-electron chi connectivity index (χ2n) is 13.9. The summed E-state index contributed by atoms with van der Waals surface area (Å²) in [7, 11) is 1.69. The topological polar surface area (TPSA) is 108 Å². The third kappa shape index (κ3) is 4.12. The molecule has 1 heterocycles. The van der Waals surface area contributed by atoms with Gasteiger partial charge in [-0.2, -0.15) is 0 Å². The Balaban J connectivity index is 0.00000400. The molecule has 4 rings (SSSR count). The van der Waals surface area contributed by atoms with Gasteiger partial charge in [-0.1, -0.05) is 61.0 Å². The number of likely N-dealkylation sites (N-methyl/N-ethyl adjacent to an activating group) is 1. The van der Waals surface area contributed by atoms with Gasteiger partial charge in [0.25, 0.3) is 0 Å². The molecule has 1 aliphatic heterocycles. The molecule has 4 N–H and O–H groups in total. The van der Waals surface area contributed by atoms with E-state index in [2.05, 4.69) is 53.8 Å². The first-order valence-electron chi connectivity index (χ1n) is 14.3. The van der Waals surface area contributed by atoms with E-state index in [4.69, 9.17) is 9.47 Å². The van der Waals surface area contributed by atoms with Gasteiger partial charge in [0.15, 0.2) is 6.10 Å². The Bertz CT molecular complexity index is 970. The summed E-state index contributed by atoms with van der Waals surface area (Å²) < 4.78 is 12.0. The fourth-order valence-electron chi connectivity index (χ4n) is 9.80. The minimum absolute atomic E-state index is 0. The number of aliphatic hydroxyl groups excluding tert-OH is 1. The normalized spacial score (nSPS) is 49.2. The molecule has 0 aromatic rings. The van der Waals surface area contributed by atoms with E-state index in [-0.39, 0.29) is 85.9 Å². The van der Waals surface area contributed by atoms with Gasteiger partial charge in [-0.25, -0.2) is 4.79 Å². The largest absolute Gasteiger partial charge is 0.455 e. The summed E-state index contributed by atoms with van der Waals surface area (Å²) >= 11 is 0. The van der Waals surface area contributed by atoms with E-state index in [1.165, 1.54) is 0 Å². The Labute approximate surface area is 265 Å². The Hall–Kier alpha value is 0.452. The maximum Gasteiger partial charge on any atom is 0.337 e. The van der Waals surface area contributed by atoms with Crippen molar-refractivity contribution in [2.24, 2.45) is 46.3 Å². The molecule has 8 unspecified atom stereocenters. The van der Waals surface area contributed by atoms with Crippen molar-refractivity contribution in [1.29, 1.82) is 0 Å². The second-order valence-corrected chi connectivity index (χ2v) is 13.9. The van der Waals surface area contributed by atoms with Gasteiger partial charge in [-0.3, -0.25) is 0 Å². The molecule has 1 saturated heterocycles. The molecule has 7 nitrogen and oxygen atoms in total. The SMILES string of the molecule is CNC(C)C(O)C(=O)OC1C(C)=C2[C@@H](C)C(C)[C@@]3(C)C([C@H](C)C(O)([C@H]1C)C2(C)C)C1(O)COC1C[C@@H]3C.[Ac]. The molecule has 0 amide bonds. The Morgan fingerprint density at radius 2 is 1.66 bits per heavy atom. The molecule has 1 radical (unpaired) electrons. The molecule has 215 valence electrons. The molecule has 0 aromatic carbocycles. The first kappa shape index (κ1) is 33.0. The van der Waals surface area contributed by atoms with Crippen LogP contribution in [0.5, 0.6) is 0 Å². The molecular weight excluding hydrogens is 697 g/mol. The van der Waals surface area contributed by atoms with Crippen molar-refractivity contribution in [3.05, 3.63) is 11.1 Å². The maximum atomic E-state index is 13.1. The third-order valence-electron chi connectivity index (χ3n) is 12.4. The standard InChI is InChI=1S/C30H51NO6.Ac/c1-14-12-21-29(34,13-36-21)25-19(6)30(35)18(5)24(37-26(33)23(32)20(7)31-11)16(3)22(27(30,8)9)15(2)17(4)28(14,25)10;/h14-15,17-21,23-25,31-32,34-35H,12-13H2,1-11H3;/t14-,15-,17?,18-,19-,20?,21?,23?,24?,25?,28-,29?,30?;/m0./s1. The first-order chi connectivity index (χ1) is 16.9. The van der Waals surface area contributed by atoms with Gasteiger partial charge >= 0.3 is 5.97 Å². The van der Waals surface area contributed by atoms with Crippen molar-refractivity contribution >= 4 is 5.97 Å². The van der Waals surface area contributed by atoms with Crippen LogP contribution in [0.1, 0.15) is 75.7 Å². The summed E-state index contributed by atoms with van der Waals surface area (Å²) in [6, 6.07) is -0.462. The number of hydrogen-bond acceptors (Lipinski definition) is 7. The van der Waals surface area contributed by atoms with Crippen molar-refractivity contribution in [3.63, 3.8) is 0 Å². The van der Waals surface area contributed by atoms with Crippen LogP contribution in [0.15, 0.2) is 11.1 Å². The van der Waals surface area contributed by atoms with Crippen molar-refractivity contribution in [1.82, 2.24) is 5.32 Å². The van der Waals surface area contributed by atoms with Crippen LogP contribution in [0.2, 0.25) is 0 Å². The van der Waals surface area contributed by atoms with E-state index in [1.54, 1.807) is 14.0 Å². The molecule has 0 aromatic heterocycles. The van der Waals surface area contributed by atoms with E-state index in [1.807, 2.05) is 13.8 Å². The Morgan fingerprint density at radius 1 is 1.08 bits per heavy atom. The average Bonchev–Trinajstić information content (AvgIpc) is 2.84. The predicted molar refractivity (Wildman–Crippen MR) is 143 cm³/mol. The van der Waals surface area contributed by atoms with Crippen molar-refractivity contribution in [2.75, 3.05) is 13.7 Å². The fourth-order valence-corrected chi connectivity index (χ4v) is 9.80. The molecule has 13 atom stereocenters. The number of esters is 1. The number of carbonyl (C=O) groups excluding carboxylic acids is 1. The molecular formula is C30H51AcNO6. The maximum absolute atomic E-state index is 13.1. The fraction of sp³-hybridized carbons (Fsp3) is 0.900. The summed E-state index contributed by atoms with van der Waals surface area (Å²) in [5.41, 5.74) is -1.03. The van der Waals surface area contributed by atoms with Gasteiger partial charge in [0.05, 0.1) is 18.3 Å². The van der Waals surface area contributed by atoms with E-state index >= 15 is 0 Å². The summed E-state index contributed by atoms with van der Waals surface area (Å²) in [4.78, 5) is 13.1. The molecule has 8 heteroatoms. The average molecular weight is 749 g/mol. The molecule has 4 aliphatic rings. The monoisotopic (exact) mass is 748 g/mol. The molecule has 3 aliphatic carbocycles. The number of ether oxygens (including phenoxy) is 2. The zero-order chi connectivity index (χ0) is 28.0. The minimum atomic E-state index is -1.31. The number of aliphatic hydroxyl groups is 3. The van der Waals surface area contributed by atoms with Gasteiger partial charge in [0.2, 0.25) is 0 Å². The first-order valence-corrected chi connectivity index (χ1v) is 14.3. The molecule has 3 fully saturated rings. The molecule has 38 heavy (non-hydrogen) atoms. The number of nitrogens with one attached hydrogen (secondary N) is 1. The molecule has 2 bridgehead atoms. The molecule has 0 spiro atoms. The van der Waals surface area contributed by atoms with Gasteiger partial charge in [-0.05, 0) is 62.0 Å². The zero-order valence-corrected chi connectivity index (χ0v) is 30.1. The van der Waals surface area contributed by atoms with Crippen molar-refractivity contribution in [3.8, 4) is 0 Å². The zero-order valence-electron chi connectivity index (χ0n) is 25.3. The van der Waals surface area contributed by atoms with Gasteiger partial charge in [-0.15, -0.1) is 0 Å². The molecule has 2 saturated carbocycles. The van der Waals surface area contributed by atoms with Gasteiger partial charge in [0.1, 0.15) is 11.7 Å². The van der Waals surface area contributed by atoms with Crippen LogP contribution < -0.4 is 5.32 Å². The summed E-state index contributed by atoms with van der Waals surface area (Å²) in [5.74, 6) is -1.05. The van der Waals surface area contributed by atoms with Crippen LogP contribution in [-0.4, -0.2) is 70.5 Å². The van der Waals surface area contributed by atoms with Gasteiger partial charge < -0.3 is 30.1 Å². The van der Waals surface area contributed by atoms with Crippen LogP contribution in [0.4, 0.5) is 0 Å². The van der Waals surface area contributed by atoms with E-state index in [9.17, 15) is 20.1 Å². The summed E-state index contributed by atoms with van der Waals surface area (Å²) in [6.07, 6.45) is -1.40. The number of rotatable bonds is 4. The number of fused-ring (bicyclic) bond motifs is 5. The van der Waals surface area contributed by atoms with E-state index < -0.39 is 46.8 Å². The van der Waals surface area contributed by atoms with Gasteiger partial charge in [0, 0.05) is 67.4 Å². The summed E-state index contributed by atoms with van der Waals surface area (Å²) in [6.45, 7) is 21.4. The van der Waals surface area contributed by atoms with Crippen molar-refractivity contribution in [2.45, 2.75) is 111 Å². The van der Waals surface area contributed by atoms with E-state index in [0.29, 0.717) is 5.92 Å². The smallest absolute Gasteiger partial charge is 0.337 e. The third-order valence-corrected chi connectivity index (χ3v) is 12.4. The minimum Gasteiger partial charge on any atom is -0.455 e. The van der Waals surface area contributed by atoms with E-state index in [0.717, 1.165) is 17.6 Å². The predicted octanol–water partition coefficient (Wildman–Crippen LogP) is 3.30. The van der Waals surface area contributed by atoms with Crippen molar-refractivity contribution < 1.29 is 73.7 Å². The summed E-state index contributed by atoms with van der Waals surface area (Å²) in [5, 5.41) is 38.6. The number of hydrogen-bond donors (Lipinski definition) is 4. The Kier molecular flexibility index (Phi) is 9.21. The van der Waals surface area contributed by atoms with Crippen LogP contribution in [0.25, 0.3) is 0 Å². The number of carbonyl (C=O) groups is 1. The van der Waals surface area contributed by atoms with Crippen LogP contribution >= 0.6 is 0 Å². The van der Waals surface area contributed by atoms with Crippen LogP contribution in [-0.2, 0) is 14.3 Å². The van der Waals surface area contributed by atoms with Crippen LogP contribution in [0.3, 0.4) is 0 Å². The quantitative estimate of drug-likeness (QED) is 0.259. The van der Waals surface area contributed by atoms with Crippen LogP contribution in [0, 0.1) is 90.4 Å².